The normalized spacial score (nSPS) is 10.0. The Hall–Kier alpha value is -2.55. The number of aromatic hydroxyl groups is 1. The highest BCUT2D eigenvalue weighted by Crippen LogP contribution is 2.42. The maximum absolute atomic E-state index is 12.3. The molecule has 10 heteroatoms. The van der Waals surface area contributed by atoms with Gasteiger partial charge < -0.3 is 15.2 Å². The van der Waals surface area contributed by atoms with Gasteiger partial charge in [0.25, 0.3) is 5.91 Å². The molecule has 1 aromatic carbocycles. The molecule has 0 saturated carbocycles. The van der Waals surface area contributed by atoms with Gasteiger partial charge in [-0.1, -0.05) is 11.6 Å². The molecule has 0 spiro atoms. The molecule has 0 saturated heterocycles. The molecule has 0 radical (unpaired) electrons. The number of nitro groups is 1. The predicted molar refractivity (Wildman–Crippen MR) is 77.5 cm³/mol. The topological polar surface area (TPSA) is 122 Å². The molecule has 0 unspecified atom stereocenters. The van der Waals surface area contributed by atoms with Crippen LogP contribution in [0.2, 0.25) is 5.02 Å². The van der Waals surface area contributed by atoms with Crippen molar-refractivity contribution in [3.8, 4) is 11.5 Å². The van der Waals surface area contributed by atoms with Crippen LogP contribution in [0.4, 0.5) is 10.5 Å². The SMILES string of the molecule is CCNC(=O)N(C)C(=O)c1c(Cl)cc(OC)c(O)c1[N+](=O)[O-]. The fourth-order valence-electron chi connectivity index (χ4n) is 1.67. The summed E-state index contributed by atoms with van der Waals surface area (Å²) in [5.41, 5.74) is -1.52. The van der Waals surface area contributed by atoms with Crippen LogP contribution in [0.25, 0.3) is 0 Å². The lowest BCUT2D eigenvalue weighted by Gasteiger charge is -2.17. The van der Waals surface area contributed by atoms with Gasteiger partial charge in [0.05, 0.1) is 17.1 Å². The van der Waals surface area contributed by atoms with Gasteiger partial charge in [-0.05, 0) is 6.92 Å². The van der Waals surface area contributed by atoms with Crippen molar-refractivity contribution in [2.45, 2.75) is 6.92 Å². The molecule has 0 heterocycles. The zero-order valence-electron chi connectivity index (χ0n) is 12.0. The average molecular weight is 332 g/mol. The molecule has 0 aliphatic rings. The van der Waals surface area contributed by atoms with Crippen LogP contribution in [0.5, 0.6) is 11.5 Å². The van der Waals surface area contributed by atoms with E-state index < -0.39 is 33.9 Å². The summed E-state index contributed by atoms with van der Waals surface area (Å²) in [6.07, 6.45) is 0. The second-order valence-corrected chi connectivity index (χ2v) is 4.50. The van der Waals surface area contributed by atoms with E-state index in [2.05, 4.69) is 5.32 Å². The fourth-order valence-corrected chi connectivity index (χ4v) is 1.94. The van der Waals surface area contributed by atoms with E-state index in [0.29, 0.717) is 4.90 Å². The van der Waals surface area contributed by atoms with Crippen LogP contribution in [0.1, 0.15) is 17.3 Å². The number of halogens is 1. The second kappa shape index (κ2) is 6.94. The number of nitro benzene ring substituents is 1. The molecule has 22 heavy (non-hydrogen) atoms. The highest BCUT2D eigenvalue weighted by atomic mass is 35.5. The Morgan fingerprint density at radius 3 is 2.59 bits per heavy atom. The van der Waals surface area contributed by atoms with Crippen LogP contribution < -0.4 is 10.1 Å². The van der Waals surface area contributed by atoms with E-state index in [4.69, 9.17) is 16.3 Å². The first kappa shape index (κ1) is 17.5. The molecule has 3 amide bonds. The van der Waals surface area contributed by atoms with E-state index in [1.54, 1.807) is 6.92 Å². The van der Waals surface area contributed by atoms with E-state index in [-0.39, 0.29) is 17.3 Å². The minimum absolute atomic E-state index is 0.256. The molecule has 0 aliphatic carbocycles. The number of carbonyl (C=O) groups excluding carboxylic acids is 2. The zero-order valence-corrected chi connectivity index (χ0v) is 12.8. The molecular formula is C12H14ClN3O6. The minimum atomic E-state index is -1.03. The van der Waals surface area contributed by atoms with Crippen molar-refractivity contribution in [2.24, 2.45) is 0 Å². The Morgan fingerprint density at radius 1 is 1.55 bits per heavy atom. The Morgan fingerprint density at radius 2 is 2.14 bits per heavy atom. The number of hydrogen-bond acceptors (Lipinski definition) is 6. The summed E-state index contributed by atoms with van der Waals surface area (Å²) in [4.78, 5) is 34.7. The van der Waals surface area contributed by atoms with Crippen molar-refractivity contribution in [2.75, 3.05) is 20.7 Å². The summed E-state index contributed by atoms with van der Waals surface area (Å²) >= 11 is 5.88. The number of phenols is 1. The number of benzene rings is 1. The Balaban J connectivity index is 3.46. The number of phenolic OH excluding ortho intramolecular Hbond substituents is 1. The fraction of sp³-hybridized carbons (Fsp3) is 0.333. The smallest absolute Gasteiger partial charge is 0.328 e. The third-order valence-corrected chi connectivity index (χ3v) is 3.04. The number of carbonyl (C=O) groups is 2. The number of amides is 3. The molecule has 9 nitrogen and oxygen atoms in total. The van der Waals surface area contributed by atoms with Crippen molar-refractivity contribution in [1.29, 1.82) is 0 Å². The summed E-state index contributed by atoms with van der Waals surface area (Å²) in [7, 11) is 2.31. The number of urea groups is 1. The van der Waals surface area contributed by atoms with E-state index >= 15 is 0 Å². The second-order valence-electron chi connectivity index (χ2n) is 4.09. The molecule has 2 N–H and O–H groups in total. The Kier molecular flexibility index (Phi) is 5.52. The van der Waals surface area contributed by atoms with E-state index in [1.807, 2.05) is 0 Å². The van der Waals surface area contributed by atoms with Crippen LogP contribution in [0, 0.1) is 10.1 Å². The van der Waals surface area contributed by atoms with Gasteiger partial charge in [0.1, 0.15) is 5.56 Å². The van der Waals surface area contributed by atoms with Crippen molar-refractivity contribution in [3.05, 3.63) is 26.8 Å². The van der Waals surface area contributed by atoms with Gasteiger partial charge in [0.15, 0.2) is 5.75 Å². The lowest BCUT2D eigenvalue weighted by atomic mass is 10.1. The van der Waals surface area contributed by atoms with Crippen LogP contribution in [-0.2, 0) is 0 Å². The summed E-state index contributed by atoms with van der Waals surface area (Å²) in [6, 6.07) is 0.302. The molecular weight excluding hydrogens is 318 g/mol. The maximum Gasteiger partial charge on any atom is 0.328 e. The quantitative estimate of drug-likeness (QED) is 0.640. The molecule has 1 rings (SSSR count). The van der Waals surface area contributed by atoms with E-state index in [9.17, 15) is 24.8 Å². The number of nitrogens with one attached hydrogen (secondary N) is 1. The van der Waals surface area contributed by atoms with E-state index in [0.717, 1.165) is 13.1 Å². The highest BCUT2D eigenvalue weighted by Gasteiger charge is 2.34. The Labute approximate surface area is 130 Å². The van der Waals surface area contributed by atoms with Crippen LogP contribution >= 0.6 is 11.6 Å². The largest absolute Gasteiger partial charge is 0.499 e. The summed E-state index contributed by atoms with van der Waals surface area (Å²) < 4.78 is 4.75. The van der Waals surface area contributed by atoms with Crippen molar-refractivity contribution < 1.29 is 24.4 Å². The first-order valence-corrected chi connectivity index (χ1v) is 6.43. The van der Waals surface area contributed by atoms with Gasteiger partial charge in [0, 0.05) is 19.7 Å². The molecule has 0 fully saturated rings. The summed E-state index contributed by atoms with van der Waals surface area (Å²) in [5, 5.41) is 23.0. The highest BCUT2D eigenvalue weighted by molar-refractivity contribution is 6.35. The Bertz CT molecular complexity index is 634. The zero-order chi connectivity index (χ0) is 17.0. The van der Waals surface area contributed by atoms with Gasteiger partial charge in [-0.3, -0.25) is 19.8 Å². The molecule has 0 atom stereocenters. The molecule has 1 aromatic rings. The number of hydrogen-bond donors (Lipinski definition) is 2. The lowest BCUT2D eigenvalue weighted by Crippen LogP contribution is -2.41. The standard InChI is InChI=1S/C12H14ClN3O6/c1-4-14-12(19)15(2)11(18)8-6(13)5-7(22-3)10(17)9(8)16(20)21/h5,17H,4H2,1-3H3,(H,14,19). The van der Waals surface area contributed by atoms with Crippen molar-refractivity contribution in [1.82, 2.24) is 10.2 Å². The number of nitrogens with zero attached hydrogens (tertiary/aromatic N) is 2. The lowest BCUT2D eigenvalue weighted by molar-refractivity contribution is -0.386. The monoisotopic (exact) mass is 331 g/mol. The van der Waals surface area contributed by atoms with Gasteiger partial charge in [-0.15, -0.1) is 0 Å². The van der Waals surface area contributed by atoms with Gasteiger partial charge in [-0.2, -0.15) is 0 Å². The van der Waals surface area contributed by atoms with Crippen molar-refractivity contribution >= 4 is 29.2 Å². The molecule has 0 aliphatic heterocycles. The summed E-state index contributed by atoms with van der Waals surface area (Å²) in [6.45, 7) is 1.91. The third-order valence-electron chi connectivity index (χ3n) is 2.74. The first-order valence-electron chi connectivity index (χ1n) is 6.05. The third kappa shape index (κ3) is 3.19. The van der Waals surface area contributed by atoms with Gasteiger partial charge in [-0.25, -0.2) is 4.79 Å². The number of rotatable bonds is 4. The van der Waals surface area contributed by atoms with E-state index in [1.165, 1.54) is 7.11 Å². The molecule has 120 valence electrons. The van der Waals surface area contributed by atoms with Gasteiger partial charge >= 0.3 is 11.7 Å². The van der Waals surface area contributed by atoms with Crippen molar-refractivity contribution in [3.63, 3.8) is 0 Å². The molecule has 0 aromatic heterocycles. The summed E-state index contributed by atoms with van der Waals surface area (Å²) in [5.74, 6) is -2.13. The maximum atomic E-state index is 12.3. The van der Waals surface area contributed by atoms with Crippen LogP contribution in [-0.4, -0.2) is 47.6 Å². The molecule has 0 bridgehead atoms. The first-order chi connectivity index (χ1) is 10.3. The minimum Gasteiger partial charge on any atom is -0.499 e. The number of ether oxygens (including phenoxy) is 1. The predicted octanol–water partition coefficient (Wildman–Crippen LogP) is 1.76. The number of imide groups is 1. The van der Waals surface area contributed by atoms with Gasteiger partial charge in [0.2, 0.25) is 5.75 Å². The van der Waals surface area contributed by atoms with Crippen LogP contribution in [0.15, 0.2) is 6.07 Å². The number of methoxy groups -OCH3 is 1. The average Bonchev–Trinajstić information content (AvgIpc) is 2.47. The van der Waals surface area contributed by atoms with Crippen LogP contribution in [0.3, 0.4) is 0 Å².